The van der Waals surface area contributed by atoms with Gasteiger partial charge >= 0.3 is 0 Å². The molecular weight excluding hydrogens is 813 g/mol. The molecule has 3 rings (SSSR count). The number of hydrogen-bond donors (Lipinski definition) is 2. The first-order valence-electron chi connectivity index (χ1n) is 25.6. The summed E-state index contributed by atoms with van der Waals surface area (Å²) in [6.07, 6.45) is 24.4. The van der Waals surface area contributed by atoms with Crippen molar-refractivity contribution in [3.8, 4) is 0 Å². The van der Waals surface area contributed by atoms with Gasteiger partial charge in [-0.2, -0.15) is 0 Å². The molecule has 3 aliphatic carbocycles. The van der Waals surface area contributed by atoms with Crippen molar-refractivity contribution < 1.29 is 18.4 Å². The Bertz CT molecular complexity index is 1450. The lowest BCUT2D eigenvalue weighted by Gasteiger charge is -2.46. The summed E-state index contributed by atoms with van der Waals surface area (Å²) in [6, 6.07) is 3.68. The lowest BCUT2D eigenvalue weighted by molar-refractivity contribution is 0.0704. The lowest BCUT2D eigenvalue weighted by atomic mass is 9.60. The van der Waals surface area contributed by atoms with Crippen LogP contribution in [0.5, 0.6) is 0 Å². The van der Waals surface area contributed by atoms with Gasteiger partial charge in [-0.1, -0.05) is 125 Å². The summed E-state index contributed by atoms with van der Waals surface area (Å²) < 4.78 is 14.5. The summed E-state index contributed by atoms with van der Waals surface area (Å²) in [6.45, 7) is 46.6. The second kappa shape index (κ2) is 20.8. The summed E-state index contributed by atoms with van der Waals surface area (Å²) >= 11 is 0. The molecule has 0 aliphatic heterocycles. The van der Waals surface area contributed by atoms with Gasteiger partial charge in [0.1, 0.15) is 0 Å². The fraction of sp³-hybridized carbons (Fsp3) is 0.887. The average Bonchev–Trinajstić information content (AvgIpc) is 3.48. The van der Waals surface area contributed by atoms with E-state index in [1.807, 2.05) is 0 Å². The van der Waals surface area contributed by atoms with Crippen LogP contribution in [-0.2, 0) is 8.85 Å². The van der Waals surface area contributed by atoms with Gasteiger partial charge in [0.15, 0.2) is 33.3 Å². The van der Waals surface area contributed by atoms with Crippen LogP contribution in [0.2, 0.25) is 72.5 Å². The Morgan fingerprint density at radius 3 is 1.92 bits per heavy atom. The highest BCUT2D eigenvalue weighted by atomic mass is 28.4. The molecule has 8 heteroatoms. The van der Waals surface area contributed by atoms with E-state index in [2.05, 4.69) is 154 Å². The molecule has 6 atom stereocenters. The minimum absolute atomic E-state index is 0.0163. The van der Waals surface area contributed by atoms with E-state index in [-0.39, 0.29) is 26.8 Å². The van der Waals surface area contributed by atoms with E-state index < -0.39 is 33.3 Å². The summed E-state index contributed by atoms with van der Waals surface area (Å²) in [5.74, 6) is 2.60. The Balaban J connectivity index is 1.92. The van der Waals surface area contributed by atoms with Crippen molar-refractivity contribution in [2.45, 2.75) is 271 Å². The molecule has 0 bridgehead atoms. The highest BCUT2D eigenvalue weighted by Gasteiger charge is 2.51. The Kier molecular flexibility index (Phi) is 18.9. The summed E-state index contributed by atoms with van der Waals surface area (Å²) in [7, 11) is -8.41. The van der Waals surface area contributed by atoms with E-state index in [1.54, 1.807) is 11.1 Å². The highest BCUT2D eigenvalue weighted by molar-refractivity contribution is 6.74. The minimum Gasteiger partial charge on any atom is -0.432 e. The van der Waals surface area contributed by atoms with Gasteiger partial charge in [-0.25, -0.2) is 0 Å². The number of rotatable bonds is 21. The molecule has 0 aromatic carbocycles. The Hall–Kier alpha value is -0.0725. The third kappa shape index (κ3) is 14.0. The van der Waals surface area contributed by atoms with Crippen molar-refractivity contribution in [1.29, 1.82) is 0 Å². The van der Waals surface area contributed by atoms with Crippen LogP contribution in [0.25, 0.3) is 0 Å². The van der Waals surface area contributed by atoms with E-state index in [4.69, 9.17) is 8.85 Å². The third-order valence-electron chi connectivity index (χ3n) is 18.6. The molecule has 0 heterocycles. The molecule has 0 aromatic heterocycles. The fourth-order valence-corrected chi connectivity index (χ4v) is 17.5. The number of hydrogen-bond acceptors (Lipinski definition) is 4. The zero-order valence-electron chi connectivity index (χ0n) is 44.4. The minimum atomic E-state index is -2.44. The standard InChI is InChI=1S/C53H104O4Si4/c1-21-61(22-2,23-3)57-50(8,9)35-26-28-41(4)46-33-34-47-43(29-27-37-53(46,47)14)32-31-42-38-44(40-52(12,13)59(17,18)55)45(30-24-25-36-51(10,11)58(15,16)54)48(39-42)56-60(19,20)49(5,6)7/h30-32,41,44,46-48,54-55H,21-29,33-40H2,1-20H3/b42-31+,43-32+,45-30+/t41?,44-,46?,47?,48+,53+/m0/s1. The average molecular weight is 918 g/mol. The molecular formula is C53H104O4Si4. The zero-order chi connectivity index (χ0) is 46.7. The van der Waals surface area contributed by atoms with Gasteiger partial charge in [0.05, 0.1) is 11.7 Å². The van der Waals surface area contributed by atoms with Crippen molar-refractivity contribution in [1.82, 2.24) is 0 Å². The molecule has 0 saturated heterocycles. The van der Waals surface area contributed by atoms with Gasteiger partial charge in [0.25, 0.3) is 0 Å². The molecule has 3 saturated carbocycles. The number of fused-ring (bicyclic) bond motifs is 1. The largest absolute Gasteiger partial charge is 0.432 e. The van der Waals surface area contributed by atoms with Crippen molar-refractivity contribution in [2.75, 3.05) is 0 Å². The molecule has 0 aromatic rings. The lowest BCUT2D eigenvalue weighted by Crippen LogP contribution is -2.47. The van der Waals surface area contributed by atoms with Crippen LogP contribution in [0.1, 0.15) is 187 Å². The van der Waals surface area contributed by atoms with E-state index in [0.29, 0.717) is 17.3 Å². The SMILES string of the molecule is CC[Si](CC)(CC)OC(C)(C)CCCC(C)C1CCC2/C(=C/C=C3\C[C@@H](CC(C)(C)[Si](C)(C)O)/C(=C\CCCC(C)(C)[Si](C)(C)O)[C@H](O[Si](C)(C)C(C)(C)C)C3)CCC[C@@]21C. The smallest absolute Gasteiger partial charge is 0.192 e. The van der Waals surface area contributed by atoms with Crippen molar-refractivity contribution in [3.63, 3.8) is 0 Å². The first-order chi connectivity index (χ1) is 27.7. The summed E-state index contributed by atoms with van der Waals surface area (Å²) in [5.41, 5.74) is 5.13. The fourth-order valence-electron chi connectivity index (χ4n) is 11.5. The summed E-state index contributed by atoms with van der Waals surface area (Å²) in [5, 5.41) is -0.0154. The van der Waals surface area contributed by atoms with Crippen molar-refractivity contribution in [3.05, 3.63) is 34.9 Å². The third-order valence-corrected chi connectivity index (χ3v) is 35.0. The van der Waals surface area contributed by atoms with Crippen LogP contribution in [-0.4, -0.2) is 54.6 Å². The molecule has 0 amide bonds. The van der Waals surface area contributed by atoms with E-state index >= 15 is 0 Å². The summed E-state index contributed by atoms with van der Waals surface area (Å²) in [4.78, 5) is 22.7. The number of unbranched alkanes of at least 4 members (excludes halogenated alkanes) is 1. The zero-order valence-corrected chi connectivity index (χ0v) is 48.4. The topological polar surface area (TPSA) is 58.9 Å². The normalized spacial score (nSPS) is 27.9. The van der Waals surface area contributed by atoms with Gasteiger partial charge < -0.3 is 18.4 Å². The van der Waals surface area contributed by atoms with Crippen LogP contribution < -0.4 is 0 Å². The number of allylic oxidation sites excluding steroid dienone is 4. The molecule has 3 fully saturated rings. The van der Waals surface area contributed by atoms with E-state index in [9.17, 15) is 9.59 Å². The molecule has 3 aliphatic rings. The second-order valence-electron chi connectivity index (χ2n) is 25.8. The molecule has 0 spiro atoms. The van der Waals surface area contributed by atoms with Crippen LogP contribution in [0, 0.1) is 29.1 Å². The molecule has 0 radical (unpaired) electrons. The quantitative estimate of drug-likeness (QED) is 0.0684. The maximum Gasteiger partial charge on any atom is 0.192 e. The molecule has 356 valence electrons. The van der Waals surface area contributed by atoms with Gasteiger partial charge in [0.2, 0.25) is 0 Å². The molecule has 4 nitrogen and oxygen atoms in total. The Morgan fingerprint density at radius 2 is 1.38 bits per heavy atom. The van der Waals surface area contributed by atoms with Gasteiger partial charge in [-0.15, -0.1) is 0 Å². The van der Waals surface area contributed by atoms with Crippen LogP contribution >= 0.6 is 0 Å². The highest BCUT2D eigenvalue weighted by Crippen LogP contribution is 2.60. The van der Waals surface area contributed by atoms with Gasteiger partial charge in [-0.05, 0) is 198 Å². The molecule has 61 heavy (non-hydrogen) atoms. The van der Waals surface area contributed by atoms with E-state index in [0.717, 1.165) is 50.4 Å². The molecule has 2 N–H and O–H groups in total. The maximum absolute atomic E-state index is 11.6. The van der Waals surface area contributed by atoms with Crippen molar-refractivity contribution >= 4 is 33.3 Å². The predicted molar refractivity (Wildman–Crippen MR) is 279 cm³/mol. The second-order valence-corrected chi connectivity index (χ2v) is 44.2. The van der Waals surface area contributed by atoms with Crippen LogP contribution in [0.4, 0.5) is 0 Å². The Morgan fingerprint density at radius 1 is 0.787 bits per heavy atom. The molecule has 3 unspecified atom stereocenters. The van der Waals surface area contributed by atoms with Crippen molar-refractivity contribution in [2.24, 2.45) is 29.1 Å². The van der Waals surface area contributed by atoms with Gasteiger partial charge in [-0.3, -0.25) is 0 Å². The first-order valence-corrected chi connectivity index (χ1v) is 36.9. The Labute approximate surface area is 384 Å². The van der Waals surface area contributed by atoms with Gasteiger partial charge in [0, 0.05) is 0 Å². The predicted octanol–water partition coefficient (Wildman–Crippen LogP) is 16.9. The maximum atomic E-state index is 11.6. The monoisotopic (exact) mass is 917 g/mol. The van der Waals surface area contributed by atoms with Crippen LogP contribution in [0.3, 0.4) is 0 Å². The van der Waals surface area contributed by atoms with E-state index in [1.165, 1.54) is 75.1 Å². The van der Waals surface area contributed by atoms with Crippen LogP contribution in [0.15, 0.2) is 34.9 Å². The first kappa shape index (κ1) is 55.3.